The smallest absolute Gasteiger partial charge is 0.410 e. The number of hydrogen-bond acceptors (Lipinski definition) is 3. The maximum absolute atomic E-state index is 11.3. The van der Waals surface area contributed by atoms with Crippen LogP contribution in [0.3, 0.4) is 0 Å². The number of thiophene rings is 1. The Morgan fingerprint density at radius 1 is 1.71 bits per heavy atom. The van der Waals surface area contributed by atoms with Gasteiger partial charge in [-0.05, 0) is 25.3 Å². The van der Waals surface area contributed by atoms with Crippen LogP contribution in [0.4, 0.5) is 4.79 Å². The highest BCUT2D eigenvalue weighted by Crippen LogP contribution is 2.12. The van der Waals surface area contributed by atoms with Crippen LogP contribution in [0.2, 0.25) is 0 Å². The van der Waals surface area contributed by atoms with Gasteiger partial charge in [-0.2, -0.15) is 0 Å². The Morgan fingerprint density at radius 3 is 3.00 bits per heavy atom. The van der Waals surface area contributed by atoms with Crippen molar-refractivity contribution in [1.82, 2.24) is 4.90 Å². The maximum atomic E-state index is 11.3. The van der Waals surface area contributed by atoms with Crippen LogP contribution in [0.15, 0.2) is 17.5 Å². The number of nitrogens with zero attached hydrogens (tertiary/aromatic N) is 1. The van der Waals surface area contributed by atoms with Crippen LogP contribution in [-0.4, -0.2) is 24.1 Å². The summed E-state index contributed by atoms with van der Waals surface area (Å²) in [7, 11) is 0. The Morgan fingerprint density at radius 2 is 2.50 bits per heavy atom. The molecular formula is C10H13NO2S. The molecule has 76 valence electrons. The summed E-state index contributed by atoms with van der Waals surface area (Å²) in [4.78, 5) is 13.9. The normalized spacial score (nSPS) is 9.86. The van der Waals surface area contributed by atoms with Crippen molar-refractivity contribution >= 4 is 17.4 Å². The van der Waals surface area contributed by atoms with Gasteiger partial charge in [0.25, 0.3) is 0 Å². The summed E-state index contributed by atoms with van der Waals surface area (Å²) in [5.41, 5.74) is 0. The molecule has 3 nitrogen and oxygen atoms in total. The zero-order valence-corrected chi connectivity index (χ0v) is 8.92. The van der Waals surface area contributed by atoms with Gasteiger partial charge in [0.15, 0.2) is 0 Å². The summed E-state index contributed by atoms with van der Waals surface area (Å²) < 4.78 is 4.86. The number of rotatable bonds is 4. The Hall–Kier alpha value is -1.03. The van der Waals surface area contributed by atoms with Crippen molar-refractivity contribution in [2.45, 2.75) is 13.5 Å². The summed E-state index contributed by atoms with van der Waals surface area (Å²) in [5.74, 6) is 0. The molecule has 0 unspecified atom stereocenters. The second-order valence-electron chi connectivity index (χ2n) is 2.66. The third kappa shape index (κ3) is 3.03. The van der Waals surface area contributed by atoms with Gasteiger partial charge in [0.2, 0.25) is 0 Å². The molecule has 4 heteroatoms. The fourth-order valence-corrected chi connectivity index (χ4v) is 1.73. The van der Waals surface area contributed by atoms with Gasteiger partial charge in [0.05, 0.1) is 13.2 Å². The fraction of sp³-hybridized carbons (Fsp3) is 0.400. The standard InChI is InChI=1S/C10H13NO2S/c1-3-11(10(12)13-4-2)8-9-6-5-7-14-9/h1,5-7H,3-4,8H2,2H3. The molecule has 0 saturated heterocycles. The molecule has 2 radical (unpaired) electrons. The number of carbonyl (C=O) groups excluding carboxylic acids is 1. The Kier molecular flexibility index (Phi) is 4.46. The van der Waals surface area contributed by atoms with Crippen molar-refractivity contribution in [2.75, 3.05) is 13.2 Å². The molecule has 1 rings (SSSR count). The quantitative estimate of drug-likeness (QED) is 0.765. The molecule has 0 bridgehead atoms. The molecule has 1 amide bonds. The molecular weight excluding hydrogens is 198 g/mol. The van der Waals surface area contributed by atoms with Gasteiger partial charge in [-0.15, -0.1) is 11.3 Å². The lowest BCUT2D eigenvalue weighted by atomic mass is 10.4. The molecule has 0 saturated carbocycles. The van der Waals surface area contributed by atoms with Gasteiger partial charge < -0.3 is 9.64 Å². The highest BCUT2D eigenvalue weighted by molar-refractivity contribution is 7.09. The minimum Gasteiger partial charge on any atom is -0.450 e. The lowest BCUT2D eigenvalue weighted by Crippen LogP contribution is -2.30. The zero-order valence-electron chi connectivity index (χ0n) is 8.10. The molecule has 0 aliphatic rings. The predicted octanol–water partition coefficient (Wildman–Crippen LogP) is 2.42. The highest BCUT2D eigenvalue weighted by atomic mass is 32.1. The van der Waals surface area contributed by atoms with E-state index >= 15 is 0 Å². The van der Waals surface area contributed by atoms with E-state index in [1.807, 2.05) is 17.5 Å². The van der Waals surface area contributed by atoms with Gasteiger partial charge in [-0.25, -0.2) is 4.79 Å². The van der Waals surface area contributed by atoms with Gasteiger partial charge >= 0.3 is 6.09 Å². The van der Waals surface area contributed by atoms with Crippen LogP contribution in [-0.2, 0) is 11.3 Å². The summed E-state index contributed by atoms with van der Waals surface area (Å²) in [6.07, 6.45) is -0.358. The highest BCUT2D eigenvalue weighted by Gasteiger charge is 2.12. The average Bonchev–Trinajstić information content (AvgIpc) is 2.66. The molecule has 1 heterocycles. The van der Waals surface area contributed by atoms with E-state index in [9.17, 15) is 4.79 Å². The van der Waals surface area contributed by atoms with Crippen LogP contribution < -0.4 is 0 Å². The molecule has 14 heavy (non-hydrogen) atoms. The van der Waals surface area contributed by atoms with Crippen LogP contribution in [0.25, 0.3) is 0 Å². The molecule has 1 aromatic rings. The largest absolute Gasteiger partial charge is 0.450 e. The second kappa shape index (κ2) is 5.65. The molecule has 0 aromatic carbocycles. The average molecular weight is 211 g/mol. The maximum Gasteiger partial charge on any atom is 0.410 e. The van der Waals surface area contributed by atoms with E-state index in [4.69, 9.17) is 11.7 Å². The second-order valence-corrected chi connectivity index (χ2v) is 3.69. The molecule has 0 aliphatic heterocycles. The van der Waals surface area contributed by atoms with Crippen molar-refractivity contribution in [2.24, 2.45) is 0 Å². The third-order valence-electron chi connectivity index (χ3n) is 1.67. The van der Waals surface area contributed by atoms with Gasteiger partial charge in [-0.1, -0.05) is 6.07 Å². The number of amides is 1. The topological polar surface area (TPSA) is 29.5 Å². The minimum atomic E-state index is -0.358. The summed E-state index contributed by atoms with van der Waals surface area (Å²) >= 11 is 1.60. The molecule has 0 spiro atoms. The summed E-state index contributed by atoms with van der Waals surface area (Å²) in [5, 5.41) is 1.97. The summed E-state index contributed by atoms with van der Waals surface area (Å²) in [6, 6.07) is 3.91. The Labute approximate surface area is 88.3 Å². The van der Waals surface area contributed by atoms with Crippen LogP contribution >= 0.6 is 11.3 Å². The fourth-order valence-electron chi connectivity index (χ4n) is 1.01. The lowest BCUT2D eigenvalue weighted by Gasteiger charge is -2.18. The zero-order chi connectivity index (χ0) is 10.4. The van der Waals surface area contributed by atoms with E-state index in [1.54, 1.807) is 18.3 Å². The van der Waals surface area contributed by atoms with Crippen molar-refractivity contribution in [3.05, 3.63) is 29.3 Å². The van der Waals surface area contributed by atoms with Crippen LogP contribution in [0.5, 0.6) is 0 Å². The first kappa shape index (κ1) is 11.0. The minimum absolute atomic E-state index is 0.177. The Bertz CT molecular complexity index is 272. The van der Waals surface area contributed by atoms with E-state index in [0.717, 1.165) is 4.88 Å². The number of ether oxygens (including phenoxy) is 1. The summed E-state index contributed by atoms with van der Waals surface area (Å²) in [6.45, 7) is 8.30. The van der Waals surface area contributed by atoms with E-state index in [0.29, 0.717) is 13.2 Å². The predicted molar refractivity (Wildman–Crippen MR) is 56.1 cm³/mol. The first-order chi connectivity index (χ1) is 6.77. The van der Waals surface area contributed by atoms with Crippen molar-refractivity contribution in [3.8, 4) is 0 Å². The first-order valence-electron chi connectivity index (χ1n) is 4.42. The molecule has 0 fully saturated rings. The SMILES string of the molecule is [CH]CN(Cc1cccs1)C(=O)OCC. The Balaban J connectivity index is 2.50. The molecule has 0 N–H and O–H groups in total. The monoisotopic (exact) mass is 211 g/mol. The van der Waals surface area contributed by atoms with Crippen molar-refractivity contribution in [3.63, 3.8) is 0 Å². The van der Waals surface area contributed by atoms with E-state index in [-0.39, 0.29) is 12.6 Å². The molecule has 0 aliphatic carbocycles. The third-order valence-corrected chi connectivity index (χ3v) is 2.53. The van der Waals surface area contributed by atoms with E-state index < -0.39 is 0 Å². The number of carbonyl (C=O) groups is 1. The van der Waals surface area contributed by atoms with Crippen molar-refractivity contribution < 1.29 is 9.53 Å². The van der Waals surface area contributed by atoms with Gasteiger partial charge in [0.1, 0.15) is 0 Å². The first-order valence-corrected chi connectivity index (χ1v) is 5.30. The van der Waals surface area contributed by atoms with Crippen LogP contribution in [0.1, 0.15) is 11.8 Å². The van der Waals surface area contributed by atoms with E-state index in [1.165, 1.54) is 4.90 Å². The van der Waals surface area contributed by atoms with E-state index in [2.05, 4.69) is 0 Å². The van der Waals surface area contributed by atoms with Crippen LogP contribution in [0, 0.1) is 6.92 Å². The van der Waals surface area contributed by atoms with Gasteiger partial charge in [0, 0.05) is 11.4 Å². The lowest BCUT2D eigenvalue weighted by molar-refractivity contribution is 0.109. The van der Waals surface area contributed by atoms with Gasteiger partial charge in [-0.3, -0.25) is 0 Å². The molecule has 0 atom stereocenters. The van der Waals surface area contributed by atoms with Crippen molar-refractivity contribution in [1.29, 1.82) is 0 Å². The molecule has 1 aromatic heterocycles. The number of hydrogen-bond donors (Lipinski definition) is 0.